The molecule has 0 unspecified atom stereocenters. The van der Waals surface area contributed by atoms with E-state index in [1.165, 1.54) is 12.6 Å². The summed E-state index contributed by atoms with van der Waals surface area (Å²) in [5.74, 6) is 0. The summed E-state index contributed by atoms with van der Waals surface area (Å²) in [5, 5.41) is 0.916. The van der Waals surface area contributed by atoms with Crippen molar-refractivity contribution in [3.8, 4) is 11.3 Å². The highest BCUT2D eigenvalue weighted by Gasteiger charge is 2.10. The Balaban J connectivity index is 2.19. The summed E-state index contributed by atoms with van der Waals surface area (Å²) >= 11 is 3.44. The number of rotatable bonds is 2. The van der Waals surface area contributed by atoms with E-state index in [9.17, 15) is 8.42 Å². The van der Waals surface area contributed by atoms with Crippen molar-refractivity contribution in [1.82, 2.24) is 9.97 Å². The summed E-state index contributed by atoms with van der Waals surface area (Å²) in [6, 6.07) is 12.5. The van der Waals surface area contributed by atoms with Gasteiger partial charge in [0.15, 0.2) is 9.84 Å². The standard InChI is InChI=1S/C15H11BrN2O2S/c1-21(19,20)12-5-2-10(3-6-12)15-13-8-11(16)4-7-14(13)17-9-18-15/h2-9H,1H3. The number of nitrogens with zero attached hydrogens (tertiary/aromatic N) is 2. The van der Waals surface area contributed by atoms with E-state index in [0.29, 0.717) is 4.90 Å². The second-order valence-electron chi connectivity index (χ2n) is 4.68. The Morgan fingerprint density at radius 1 is 1.00 bits per heavy atom. The molecule has 0 bridgehead atoms. The third kappa shape index (κ3) is 2.82. The molecule has 0 saturated carbocycles. The maximum atomic E-state index is 11.5. The van der Waals surface area contributed by atoms with Gasteiger partial charge in [-0.25, -0.2) is 18.4 Å². The quantitative estimate of drug-likeness (QED) is 0.700. The highest BCUT2D eigenvalue weighted by Crippen LogP contribution is 2.28. The molecule has 0 N–H and O–H groups in total. The topological polar surface area (TPSA) is 59.9 Å². The van der Waals surface area contributed by atoms with E-state index < -0.39 is 9.84 Å². The number of benzene rings is 2. The molecule has 106 valence electrons. The van der Waals surface area contributed by atoms with Crippen LogP contribution in [-0.4, -0.2) is 24.6 Å². The van der Waals surface area contributed by atoms with Crippen LogP contribution in [0.1, 0.15) is 0 Å². The monoisotopic (exact) mass is 362 g/mol. The predicted molar refractivity (Wildman–Crippen MR) is 85.8 cm³/mol. The minimum absolute atomic E-state index is 0.297. The van der Waals surface area contributed by atoms with Crippen molar-refractivity contribution >= 4 is 36.7 Å². The lowest BCUT2D eigenvalue weighted by molar-refractivity contribution is 0.602. The zero-order valence-electron chi connectivity index (χ0n) is 11.1. The van der Waals surface area contributed by atoms with Crippen molar-refractivity contribution in [2.75, 3.05) is 6.26 Å². The van der Waals surface area contributed by atoms with Crippen LogP contribution < -0.4 is 0 Å². The second-order valence-corrected chi connectivity index (χ2v) is 7.61. The fourth-order valence-corrected chi connectivity index (χ4v) is 3.11. The van der Waals surface area contributed by atoms with Crippen molar-refractivity contribution < 1.29 is 8.42 Å². The van der Waals surface area contributed by atoms with Crippen LogP contribution in [0.25, 0.3) is 22.2 Å². The van der Waals surface area contributed by atoms with E-state index in [4.69, 9.17) is 0 Å². The smallest absolute Gasteiger partial charge is 0.175 e. The number of halogens is 1. The molecule has 0 saturated heterocycles. The van der Waals surface area contributed by atoms with E-state index in [-0.39, 0.29) is 0 Å². The van der Waals surface area contributed by atoms with Gasteiger partial charge in [-0.2, -0.15) is 0 Å². The first-order chi connectivity index (χ1) is 9.95. The first-order valence-corrected chi connectivity index (χ1v) is 8.84. The van der Waals surface area contributed by atoms with Gasteiger partial charge in [0, 0.05) is 21.7 Å². The highest BCUT2D eigenvalue weighted by molar-refractivity contribution is 9.10. The number of hydrogen-bond acceptors (Lipinski definition) is 4. The zero-order valence-corrected chi connectivity index (χ0v) is 13.5. The van der Waals surface area contributed by atoms with Gasteiger partial charge in [0.05, 0.1) is 16.1 Å². The zero-order chi connectivity index (χ0) is 15.0. The summed E-state index contributed by atoms with van der Waals surface area (Å²) in [5.41, 5.74) is 2.48. The van der Waals surface area contributed by atoms with Crippen LogP contribution in [0.15, 0.2) is 58.2 Å². The molecule has 21 heavy (non-hydrogen) atoms. The molecule has 6 heteroatoms. The Morgan fingerprint density at radius 3 is 2.38 bits per heavy atom. The van der Waals surface area contributed by atoms with Crippen LogP contribution in [0.4, 0.5) is 0 Å². The summed E-state index contributed by atoms with van der Waals surface area (Å²) < 4.78 is 24.0. The maximum absolute atomic E-state index is 11.5. The Hall–Kier alpha value is -1.79. The molecule has 0 spiro atoms. The summed E-state index contributed by atoms with van der Waals surface area (Å²) in [6.07, 6.45) is 2.70. The third-order valence-electron chi connectivity index (χ3n) is 3.15. The van der Waals surface area contributed by atoms with E-state index in [1.54, 1.807) is 24.3 Å². The Kier molecular flexibility index (Phi) is 3.51. The van der Waals surface area contributed by atoms with E-state index in [2.05, 4.69) is 25.9 Å². The van der Waals surface area contributed by atoms with Gasteiger partial charge in [-0.15, -0.1) is 0 Å². The summed E-state index contributed by atoms with van der Waals surface area (Å²) in [6.45, 7) is 0. The normalized spacial score (nSPS) is 11.7. The lowest BCUT2D eigenvalue weighted by Crippen LogP contribution is -1.96. The Morgan fingerprint density at radius 2 is 1.71 bits per heavy atom. The van der Waals surface area contributed by atoms with Crippen molar-refractivity contribution in [1.29, 1.82) is 0 Å². The van der Waals surface area contributed by atoms with Gasteiger partial charge in [-0.05, 0) is 30.3 Å². The van der Waals surface area contributed by atoms with Crippen LogP contribution in [0.2, 0.25) is 0 Å². The number of hydrogen-bond donors (Lipinski definition) is 0. The Labute approximate surface area is 130 Å². The largest absolute Gasteiger partial charge is 0.236 e. The molecule has 0 amide bonds. The first-order valence-electron chi connectivity index (χ1n) is 6.16. The van der Waals surface area contributed by atoms with Crippen molar-refractivity contribution in [2.24, 2.45) is 0 Å². The van der Waals surface area contributed by atoms with Crippen LogP contribution in [0, 0.1) is 0 Å². The molecule has 0 aliphatic carbocycles. The lowest BCUT2D eigenvalue weighted by atomic mass is 10.1. The average molecular weight is 363 g/mol. The fourth-order valence-electron chi connectivity index (χ4n) is 2.12. The molecular weight excluding hydrogens is 352 g/mol. The molecule has 2 aromatic carbocycles. The Bertz CT molecular complexity index is 922. The van der Waals surface area contributed by atoms with Gasteiger partial charge < -0.3 is 0 Å². The van der Waals surface area contributed by atoms with Crippen molar-refractivity contribution in [2.45, 2.75) is 4.90 Å². The van der Waals surface area contributed by atoms with Crippen LogP contribution in [-0.2, 0) is 9.84 Å². The van der Waals surface area contributed by atoms with Crippen molar-refractivity contribution in [3.05, 3.63) is 53.3 Å². The average Bonchev–Trinajstić information content (AvgIpc) is 2.46. The molecule has 3 aromatic rings. The lowest BCUT2D eigenvalue weighted by Gasteiger charge is -2.06. The molecule has 1 heterocycles. The van der Waals surface area contributed by atoms with Crippen LogP contribution in [0.3, 0.4) is 0 Å². The summed E-state index contributed by atoms with van der Waals surface area (Å²) in [7, 11) is -3.19. The van der Waals surface area contributed by atoms with Gasteiger partial charge in [0.1, 0.15) is 6.33 Å². The minimum Gasteiger partial charge on any atom is -0.236 e. The number of fused-ring (bicyclic) bond motifs is 1. The van der Waals surface area contributed by atoms with Gasteiger partial charge in [0.25, 0.3) is 0 Å². The first kappa shape index (κ1) is 14.2. The van der Waals surface area contributed by atoms with Crippen LogP contribution >= 0.6 is 15.9 Å². The van der Waals surface area contributed by atoms with Gasteiger partial charge in [-0.3, -0.25) is 0 Å². The molecule has 1 aromatic heterocycles. The number of aromatic nitrogens is 2. The van der Waals surface area contributed by atoms with E-state index >= 15 is 0 Å². The molecule has 0 aliphatic rings. The minimum atomic E-state index is -3.19. The molecule has 3 rings (SSSR count). The van der Waals surface area contributed by atoms with Gasteiger partial charge in [0.2, 0.25) is 0 Å². The van der Waals surface area contributed by atoms with Gasteiger partial charge >= 0.3 is 0 Å². The second kappa shape index (κ2) is 5.20. The SMILES string of the molecule is CS(=O)(=O)c1ccc(-c2ncnc3ccc(Br)cc23)cc1. The molecule has 4 nitrogen and oxygen atoms in total. The third-order valence-corrected chi connectivity index (χ3v) is 4.78. The van der Waals surface area contributed by atoms with Gasteiger partial charge in [-0.1, -0.05) is 28.1 Å². The van der Waals surface area contributed by atoms with E-state index in [0.717, 1.165) is 26.6 Å². The maximum Gasteiger partial charge on any atom is 0.175 e. The fraction of sp³-hybridized carbons (Fsp3) is 0.0667. The summed E-state index contributed by atoms with van der Waals surface area (Å²) in [4.78, 5) is 8.86. The molecular formula is C15H11BrN2O2S. The van der Waals surface area contributed by atoms with Crippen LogP contribution in [0.5, 0.6) is 0 Å². The molecule has 0 atom stereocenters. The van der Waals surface area contributed by atoms with Crippen molar-refractivity contribution in [3.63, 3.8) is 0 Å². The molecule has 0 fully saturated rings. The molecule has 0 aliphatic heterocycles. The van der Waals surface area contributed by atoms with E-state index in [1.807, 2.05) is 18.2 Å². The predicted octanol–water partition coefficient (Wildman–Crippen LogP) is 3.46. The highest BCUT2D eigenvalue weighted by atomic mass is 79.9. The number of sulfone groups is 1. The molecule has 0 radical (unpaired) electrons.